The summed E-state index contributed by atoms with van der Waals surface area (Å²) >= 11 is 0. The second kappa shape index (κ2) is 9.75. The molecule has 2 aromatic rings. The smallest absolute Gasteiger partial charge is 0.212 e. The Morgan fingerprint density at radius 2 is 1.16 bits per heavy atom. The minimum absolute atomic E-state index is 0.711. The van der Waals surface area contributed by atoms with Crippen LogP contribution in [-0.4, -0.2) is 49.5 Å². The lowest BCUT2D eigenvalue weighted by Crippen LogP contribution is -2.30. The lowest BCUT2D eigenvalue weighted by atomic mass is 10.1. The van der Waals surface area contributed by atoms with Gasteiger partial charge in [0.25, 0.3) is 0 Å². The van der Waals surface area contributed by atoms with Crippen LogP contribution < -0.4 is 26.2 Å². The Labute approximate surface area is 181 Å². The molecule has 9 nitrogen and oxygen atoms in total. The van der Waals surface area contributed by atoms with Crippen molar-refractivity contribution in [1.82, 2.24) is 21.5 Å². The van der Waals surface area contributed by atoms with Crippen LogP contribution >= 0.6 is 0 Å². The highest BCUT2D eigenvalue weighted by Gasteiger charge is 2.06. The standard InChI is InChI=1S/C22H26N8O/c1-15(27-29-21-23-11-12-24-21)17-3-7-19(8-4-17)31-20-9-5-18(6-10-20)16(2)28-30-22-25-13-14-26-22/h3-10H,11-14H2,1-2H3,(H2,23,24,29)(H2,25,26,30)/b27-15-,28-16-. The predicted octanol–water partition coefficient (Wildman–Crippen LogP) is 2.02. The SMILES string of the molecule is C/C(=N/NC1=NCCN1)c1ccc(Oc2ccc(/C(C)=N\NC3=NCCN3)cc2)cc1. The molecule has 2 aliphatic heterocycles. The largest absolute Gasteiger partial charge is 0.457 e. The van der Waals surface area contributed by atoms with Gasteiger partial charge in [-0.1, -0.05) is 0 Å². The summed E-state index contributed by atoms with van der Waals surface area (Å²) in [5, 5.41) is 15.0. The van der Waals surface area contributed by atoms with Crippen molar-refractivity contribution in [3.63, 3.8) is 0 Å². The summed E-state index contributed by atoms with van der Waals surface area (Å²) in [4.78, 5) is 8.51. The molecular weight excluding hydrogens is 392 g/mol. The van der Waals surface area contributed by atoms with Gasteiger partial charge >= 0.3 is 0 Å². The van der Waals surface area contributed by atoms with Crippen molar-refractivity contribution in [3.8, 4) is 11.5 Å². The molecule has 0 fully saturated rings. The number of benzene rings is 2. The average molecular weight is 419 g/mol. The maximum Gasteiger partial charge on any atom is 0.212 e. The minimum Gasteiger partial charge on any atom is -0.457 e. The predicted molar refractivity (Wildman–Crippen MR) is 124 cm³/mol. The second-order valence-electron chi connectivity index (χ2n) is 7.08. The zero-order chi connectivity index (χ0) is 21.5. The van der Waals surface area contributed by atoms with Crippen LogP contribution in [0.3, 0.4) is 0 Å². The fourth-order valence-electron chi connectivity index (χ4n) is 3.01. The van der Waals surface area contributed by atoms with Crippen LogP contribution in [0.15, 0.2) is 68.7 Å². The quantitative estimate of drug-likeness (QED) is 0.424. The van der Waals surface area contributed by atoms with Gasteiger partial charge < -0.3 is 15.4 Å². The summed E-state index contributed by atoms with van der Waals surface area (Å²) in [5.41, 5.74) is 9.65. The van der Waals surface area contributed by atoms with Gasteiger partial charge in [0.2, 0.25) is 11.9 Å². The van der Waals surface area contributed by atoms with E-state index in [0.717, 1.165) is 60.2 Å². The van der Waals surface area contributed by atoms with Crippen molar-refractivity contribution in [2.45, 2.75) is 13.8 Å². The van der Waals surface area contributed by atoms with E-state index < -0.39 is 0 Å². The number of hydrazone groups is 2. The zero-order valence-corrected chi connectivity index (χ0v) is 17.6. The topological polar surface area (TPSA) is 107 Å². The summed E-state index contributed by atoms with van der Waals surface area (Å²) in [6.07, 6.45) is 0. The van der Waals surface area contributed by atoms with Gasteiger partial charge in [-0.3, -0.25) is 0 Å². The van der Waals surface area contributed by atoms with E-state index in [1.807, 2.05) is 62.4 Å². The molecule has 0 atom stereocenters. The van der Waals surface area contributed by atoms with E-state index in [2.05, 4.69) is 41.7 Å². The average Bonchev–Trinajstić information content (AvgIpc) is 3.51. The molecule has 4 rings (SSSR count). The van der Waals surface area contributed by atoms with Crippen molar-refractivity contribution >= 4 is 23.3 Å². The van der Waals surface area contributed by atoms with Gasteiger partial charge in [-0.05, 0) is 73.5 Å². The molecule has 0 saturated heterocycles. The molecule has 0 aromatic heterocycles. The molecule has 0 aliphatic carbocycles. The fraction of sp³-hybridized carbons (Fsp3) is 0.273. The van der Waals surface area contributed by atoms with Crippen LogP contribution in [0.25, 0.3) is 0 Å². The molecule has 9 heteroatoms. The number of aliphatic imine (C=N–C) groups is 2. The maximum absolute atomic E-state index is 5.96. The molecule has 2 heterocycles. The molecule has 0 saturated carbocycles. The van der Waals surface area contributed by atoms with Gasteiger partial charge in [-0.15, -0.1) is 0 Å². The van der Waals surface area contributed by atoms with Crippen LogP contribution in [0, 0.1) is 0 Å². The number of ether oxygens (including phenoxy) is 1. The first-order chi connectivity index (χ1) is 15.2. The third kappa shape index (κ3) is 5.59. The molecule has 0 radical (unpaired) electrons. The molecule has 2 aliphatic rings. The van der Waals surface area contributed by atoms with Crippen LogP contribution in [-0.2, 0) is 0 Å². The first kappa shape index (κ1) is 20.4. The molecule has 160 valence electrons. The molecule has 0 bridgehead atoms. The monoisotopic (exact) mass is 418 g/mol. The number of nitrogens with one attached hydrogen (secondary N) is 4. The van der Waals surface area contributed by atoms with Crippen LogP contribution in [0.5, 0.6) is 11.5 Å². The number of nitrogens with zero attached hydrogens (tertiary/aromatic N) is 4. The van der Waals surface area contributed by atoms with E-state index in [1.54, 1.807) is 0 Å². The van der Waals surface area contributed by atoms with Crippen molar-refractivity contribution in [1.29, 1.82) is 0 Å². The van der Waals surface area contributed by atoms with E-state index in [9.17, 15) is 0 Å². The first-order valence-electron chi connectivity index (χ1n) is 10.2. The Kier molecular flexibility index (Phi) is 6.41. The van der Waals surface area contributed by atoms with Crippen molar-refractivity contribution in [2.24, 2.45) is 20.2 Å². The Balaban J connectivity index is 1.33. The molecule has 0 amide bonds. The molecule has 0 unspecified atom stereocenters. The molecule has 0 spiro atoms. The summed E-state index contributed by atoms with van der Waals surface area (Å²) in [6.45, 7) is 7.15. The fourth-order valence-corrected chi connectivity index (χ4v) is 3.01. The van der Waals surface area contributed by atoms with Gasteiger partial charge in [0.1, 0.15) is 11.5 Å². The van der Waals surface area contributed by atoms with Gasteiger partial charge in [-0.25, -0.2) is 20.8 Å². The third-order valence-corrected chi connectivity index (χ3v) is 4.79. The second-order valence-corrected chi connectivity index (χ2v) is 7.08. The Hall–Kier alpha value is -3.88. The Bertz CT molecular complexity index is 939. The minimum atomic E-state index is 0.711. The molecule has 2 aromatic carbocycles. The number of guanidine groups is 2. The van der Waals surface area contributed by atoms with E-state index in [4.69, 9.17) is 4.74 Å². The summed E-state index contributed by atoms with van der Waals surface area (Å²) in [5.74, 6) is 2.94. The van der Waals surface area contributed by atoms with E-state index in [0.29, 0.717) is 11.9 Å². The first-order valence-corrected chi connectivity index (χ1v) is 10.2. The number of hydrogen-bond acceptors (Lipinski definition) is 9. The van der Waals surface area contributed by atoms with E-state index >= 15 is 0 Å². The summed E-state index contributed by atoms with van der Waals surface area (Å²) < 4.78 is 5.96. The van der Waals surface area contributed by atoms with E-state index in [1.165, 1.54) is 0 Å². The number of hydrogen-bond donors (Lipinski definition) is 4. The molecule has 31 heavy (non-hydrogen) atoms. The summed E-state index contributed by atoms with van der Waals surface area (Å²) in [6, 6.07) is 15.7. The van der Waals surface area contributed by atoms with E-state index in [-0.39, 0.29) is 0 Å². The maximum atomic E-state index is 5.96. The Morgan fingerprint density at radius 3 is 1.52 bits per heavy atom. The van der Waals surface area contributed by atoms with Crippen LogP contribution in [0.4, 0.5) is 0 Å². The lowest BCUT2D eigenvalue weighted by molar-refractivity contribution is 0.482. The van der Waals surface area contributed by atoms with Crippen LogP contribution in [0.2, 0.25) is 0 Å². The zero-order valence-electron chi connectivity index (χ0n) is 17.6. The Morgan fingerprint density at radius 1 is 0.742 bits per heavy atom. The normalized spacial score (nSPS) is 16.2. The number of rotatable bonds is 6. The van der Waals surface area contributed by atoms with Crippen molar-refractivity contribution in [3.05, 3.63) is 59.7 Å². The highest BCUT2D eigenvalue weighted by molar-refractivity contribution is 6.00. The van der Waals surface area contributed by atoms with Crippen molar-refractivity contribution < 1.29 is 4.74 Å². The highest BCUT2D eigenvalue weighted by atomic mass is 16.5. The third-order valence-electron chi connectivity index (χ3n) is 4.79. The van der Waals surface area contributed by atoms with Gasteiger partial charge in [0, 0.05) is 13.1 Å². The lowest BCUT2D eigenvalue weighted by Gasteiger charge is -2.09. The molecule has 4 N–H and O–H groups in total. The molecular formula is C22H26N8O. The van der Waals surface area contributed by atoms with Crippen molar-refractivity contribution in [2.75, 3.05) is 26.2 Å². The van der Waals surface area contributed by atoms with Gasteiger partial charge in [0.15, 0.2) is 0 Å². The van der Waals surface area contributed by atoms with Gasteiger partial charge in [0.05, 0.1) is 24.5 Å². The van der Waals surface area contributed by atoms with Gasteiger partial charge in [-0.2, -0.15) is 10.2 Å². The summed E-state index contributed by atoms with van der Waals surface area (Å²) in [7, 11) is 0. The highest BCUT2D eigenvalue weighted by Crippen LogP contribution is 2.22. The van der Waals surface area contributed by atoms with Crippen LogP contribution in [0.1, 0.15) is 25.0 Å².